The zero-order chi connectivity index (χ0) is 26.6. The van der Waals surface area contributed by atoms with E-state index in [1.807, 2.05) is 25.7 Å². The van der Waals surface area contributed by atoms with E-state index >= 15 is 0 Å². The average Bonchev–Trinajstić information content (AvgIpc) is 3.49. The summed E-state index contributed by atoms with van der Waals surface area (Å²) in [7, 11) is 2.14. The largest absolute Gasteiger partial charge is 0.444 e. The van der Waals surface area contributed by atoms with Crippen molar-refractivity contribution in [2.24, 2.45) is 7.05 Å². The van der Waals surface area contributed by atoms with E-state index in [0.717, 1.165) is 25.1 Å². The Morgan fingerprint density at radius 2 is 1.92 bits per heavy atom. The van der Waals surface area contributed by atoms with Crippen LogP contribution in [0, 0.1) is 0 Å². The van der Waals surface area contributed by atoms with Gasteiger partial charge in [0.1, 0.15) is 10.8 Å². The van der Waals surface area contributed by atoms with Gasteiger partial charge in [0.05, 0.1) is 6.54 Å². The van der Waals surface area contributed by atoms with Crippen LogP contribution in [0.3, 0.4) is 0 Å². The van der Waals surface area contributed by atoms with Crippen LogP contribution in [0.15, 0.2) is 36.5 Å². The molecule has 0 bridgehead atoms. The molecule has 0 atom stereocenters. The Labute approximate surface area is 223 Å². The summed E-state index contributed by atoms with van der Waals surface area (Å²) >= 11 is 5.60. The van der Waals surface area contributed by atoms with E-state index in [1.54, 1.807) is 18.3 Å². The van der Waals surface area contributed by atoms with Crippen molar-refractivity contribution in [1.29, 1.82) is 0 Å². The van der Waals surface area contributed by atoms with Crippen LogP contribution >= 0.6 is 11.6 Å². The monoisotopic (exact) mass is 525 g/mol. The lowest BCUT2D eigenvalue weighted by Gasteiger charge is -2.30. The second kappa shape index (κ2) is 11.4. The third kappa shape index (κ3) is 6.55. The Bertz CT molecular complexity index is 1260. The van der Waals surface area contributed by atoms with Crippen molar-refractivity contribution in [3.63, 3.8) is 0 Å². The van der Waals surface area contributed by atoms with Crippen LogP contribution in [0.4, 0.5) is 10.5 Å². The number of aryl methyl sites for hydroxylation is 1. The van der Waals surface area contributed by atoms with Crippen LogP contribution in [0.25, 0.3) is 10.9 Å². The third-order valence-corrected chi connectivity index (χ3v) is 6.90. The molecule has 8 nitrogen and oxygen atoms in total. The Kier molecular flexibility index (Phi) is 8.27. The van der Waals surface area contributed by atoms with Crippen LogP contribution in [-0.2, 0) is 36.1 Å². The molecule has 1 aromatic carbocycles. The molecule has 37 heavy (non-hydrogen) atoms. The highest BCUT2D eigenvalue weighted by Gasteiger charge is 2.29. The SMILES string of the molecule is Cn1c2c(c3cc(N4CCCC4)ccc31)CN(C(=O)OC(C)(C)C)CC2.O=CNCc1ccnc(Cl)c1. The molecule has 3 aromatic rings. The van der Waals surface area contributed by atoms with Gasteiger partial charge in [0.15, 0.2) is 0 Å². The number of nitrogens with one attached hydrogen (secondary N) is 1. The van der Waals surface area contributed by atoms with Crippen LogP contribution in [0.1, 0.15) is 50.4 Å². The van der Waals surface area contributed by atoms with Crippen molar-refractivity contribution < 1.29 is 14.3 Å². The number of carbonyl (C=O) groups is 2. The fourth-order valence-corrected chi connectivity index (χ4v) is 5.13. The first-order valence-corrected chi connectivity index (χ1v) is 13.1. The number of ether oxygens (including phenoxy) is 1. The van der Waals surface area contributed by atoms with Gasteiger partial charge in [0.25, 0.3) is 0 Å². The topological polar surface area (TPSA) is 79.7 Å². The van der Waals surface area contributed by atoms with Crippen molar-refractivity contribution in [2.75, 3.05) is 24.5 Å². The summed E-state index contributed by atoms with van der Waals surface area (Å²) in [5.74, 6) is 0. The van der Waals surface area contributed by atoms with Crippen LogP contribution < -0.4 is 10.2 Å². The van der Waals surface area contributed by atoms with Crippen molar-refractivity contribution in [3.05, 3.63) is 58.5 Å². The molecule has 0 unspecified atom stereocenters. The fraction of sp³-hybridized carbons (Fsp3) is 0.464. The number of anilines is 1. The Hall–Kier alpha value is -3.26. The van der Waals surface area contributed by atoms with E-state index in [2.05, 4.69) is 45.0 Å². The standard InChI is InChI=1S/C21H29N3O2.C7H7ClN2O/c1-21(2,3)26-20(25)24-12-9-19-17(14-24)16-13-15(23-10-5-6-11-23)7-8-18(16)22(19)4;8-7-3-6(1-2-10-7)4-9-5-11/h7-8,13H,5-6,9-12,14H2,1-4H3;1-3,5H,4H2,(H,9,11). The maximum atomic E-state index is 12.5. The number of amides is 2. The highest BCUT2D eigenvalue weighted by atomic mass is 35.5. The summed E-state index contributed by atoms with van der Waals surface area (Å²) in [5.41, 5.74) is 5.66. The van der Waals surface area contributed by atoms with E-state index < -0.39 is 5.60 Å². The highest BCUT2D eigenvalue weighted by molar-refractivity contribution is 6.29. The minimum absolute atomic E-state index is 0.212. The summed E-state index contributed by atoms with van der Waals surface area (Å²) in [5, 5.41) is 4.24. The molecule has 0 spiro atoms. The fourth-order valence-electron chi connectivity index (χ4n) is 4.93. The molecule has 2 aromatic heterocycles. The number of carbonyl (C=O) groups excluding carboxylic acids is 2. The number of fused-ring (bicyclic) bond motifs is 3. The maximum absolute atomic E-state index is 12.5. The number of hydrogen-bond acceptors (Lipinski definition) is 5. The van der Waals surface area contributed by atoms with E-state index in [1.165, 1.54) is 40.7 Å². The number of nitrogens with zero attached hydrogens (tertiary/aromatic N) is 4. The van der Waals surface area contributed by atoms with Crippen molar-refractivity contribution >= 4 is 40.7 Å². The molecule has 2 aliphatic heterocycles. The number of aromatic nitrogens is 2. The average molecular weight is 526 g/mol. The molecule has 0 aliphatic carbocycles. The zero-order valence-corrected chi connectivity index (χ0v) is 22.8. The lowest BCUT2D eigenvalue weighted by molar-refractivity contribution is -0.109. The quantitative estimate of drug-likeness (QED) is 0.381. The number of benzene rings is 1. The molecule has 1 saturated heterocycles. The van der Waals surface area contributed by atoms with E-state index in [9.17, 15) is 9.59 Å². The molecule has 0 saturated carbocycles. The lowest BCUT2D eigenvalue weighted by atomic mass is 10.0. The van der Waals surface area contributed by atoms with Crippen LogP contribution in [0.5, 0.6) is 0 Å². The molecule has 2 aliphatic rings. The van der Waals surface area contributed by atoms with Crippen molar-refractivity contribution in [1.82, 2.24) is 19.8 Å². The van der Waals surface area contributed by atoms with Gasteiger partial charge in [-0.05, 0) is 69.5 Å². The van der Waals surface area contributed by atoms with Crippen molar-refractivity contribution in [2.45, 2.75) is 58.7 Å². The first kappa shape index (κ1) is 26.8. The predicted molar refractivity (Wildman–Crippen MR) is 147 cm³/mol. The summed E-state index contributed by atoms with van der Waals surface area (Å²) in [6.45, 7) is 9.87. The number of pyridine rings is 1. The zero-order valence-electron chi connectivity index (χ0n) is 22.1. The maximum Gasteiger partial charge on any atom is 0.410 e. The summed E-state index contributed by atoms with van der Waals surface area (Å²) < 4.78 is 7.88. The third-order valence-electron chi connectivity index (χ3n) is 6.69. The van der Waals surface area contributed by atoms with Gasteiger partial charge in [0.2, 0.25) is 6.41 Å². The van der Waals surface area contributed by atoms with Gasteiger partial charge in [-0.2, -0.15) is 0 Å². The molecule has 4 heterocycles. The van der Waals surface area contributed by atoms with Crippen LogP contribution in [0.2, 0.25) is 5.15 Å². The van der Waals surface area contributed by atoms with Gasteiger partial charge in [-0.15, -0.1) is 0 Å². The Morgan fingerprint density at radius 3 is 2.59 bits per heavy atom. The highest BCUT2D eigenvalue weighted by Crippen LogP contribution is 2.34. The Balaban J connectivity index is 0.000000245. The summed E-state index contributed by atoms with van der Waals surface area (Å²) in [4.78, 5) is 30.5. The van der Waals surface area contributed by atoms with E-state index in [4.69, 9.17) is 16.3 Å². The normalized spacial score (nSPS) is 15.2. The van der Waals surface area contributed by atoms with Crippen molar-refractivity contribution in [3.8, 4) is 0 Å². The van der Waals surface area contributed by atoms with Gasteiger partial charge >= 0.3 is 6.09 Å². The Morgan fingerprint density at radius 1 is 1.16 bits per heavy atom. The predicted octanol–water partition coefficient (Wildman–Crippen LogP) is 5.05. The van der Waals surface area contributed by atoms with Gasteiger partial charge in [-0.25, -0.2) is 9.78 Å². The van der Waals surface area contributed by atoms with Gasteiger partial charge in [-0.1, -0.05) is 11.6 Å². The van der Waals surface area contributed by atoms with Gasteiger partial charge < -0.3 is 24.4 Å². The first-order chi connectivity index (χ1) is 17.7. The summed E-state index contributed by atoms with van der Waals surface area (Å²) in [6.07, 6.45) is 5.46. The second-order valence-electron chi connectivity index (χ2n) is 10.5. The second-order valence-corrected chi connectivity index (χ2v) is 10.9. The molecular weight excluding hydrogens is 490 g/mol. The number of halogens is 1. The van der Waals surface area contributed by atoms with E-state index in [0.29, 0.717) is 31.2 Å². The molecule has 9 heteroatoms. The molecule has 5 rings (SSSR count). The molecule has 2 amide bonds. The first-order valence-electron chi connectivity index (χ1n) is 12.8. The molecular formula is C28H36ClN5O3. The summed E-state index contributed by atoms with van der Waals surface area (Å²) in [6, 6.07) is 10.3. The van der Waals surface area contributed by atoms with Crippen LogP contribution in [-0.4, -0.2) is 52.2 Å². The minimum atomic E-state index is -0.459. The number of hydrogen-bond donors (Lipinski definition) is 1. The molecule has 1 N–H and O–H groups in total. The number of rotatable bonds is 4. The van der Waals surface area contributed by atoms with Gasteiger partial charge in [0, 0.05) is 73.7 Å². The van der Waals surface area contributed by atoms with E-state index in [-0.39, 0.29) is 6.09 Å². The molecule has 1 fully saturated rings. The smallest absolute Gasteiger partial charge is 0.410 e. The van der Waals surface area contributed by atoms with Gasteiger partial charge in [-0.3, -0.25) is 4.79 Å². The molecule has 0 radical (unpaired) electrons. The lowest BCUT2D eigenvalue weighted by Crippen LogP contribution is -2.40. The minimum Gasteiger partial charge on any atom is -0.444 e. The molecule has 198 valence electrons.